The van der Waals surface area contributed by atoms with Crippen LogP contribution in [0.2, 0.25) is 5.02 Å². The molecule has 1 atom stereocenters. The van der Waals surface area contributed by atoms with E-state index in [1.165, 1.54) is 25.3 Å². The van der Waals surface area contributed by atoms with Crippen LogP contribution in [0.3, 0.4) is 0 Å². The van der Waals surface area contributed by atoms with Crippen LogP contribution in [0.4, 0.5) is 0 Å². The van der Waals surface area contributed by atoms with Gasteiger partial charge in [-0.25, -0.2) is 4.79 Å². The van der Waals surface area contributed by atoms with Crippen LogP contribution in [0.1, 0.15) is 20.7 Å². The van der Waals surface area contributed by atoms with Gasteiger partial charge in [-0.2, -0.15) is 0 Å². The molecule has 1 aromatic carbocycles. The summed E-state index contributed by atoms with van der Waals surface area (Å²) in [6.45, 7) is -0.114. The Morgan fingerprint density at radius 1 is 1.47 bits per heavy atom. The Bertz CT molecular complexity index is 477. The second-order valence-corrected chi connectivity index (χ2v) is 4.22. The van der Waals surface area contributed by atoms with Crippen LogP contribution in [0.25, 0.3) is 0 Å². The van der Waals surface area contributed by atoms with Crippen molar-refractivity contribution in [3.8, 4) is 0 Å². The number of benzene rings is 1. The van der Waals surface area contributed by atoms with Gasteiger partial charge < -0.3 is 20.3 Å². The van der Waals surface area contributed by atoms with Gasteiger partial charge in [0, 0.05) is 7.11 Å². The van der Waals surface area contributed by atoms with Crippen LogP contribution in [0.15, 0.2) is 18.2 Å². The number of hydrogen-bond donors (Lipinski definition) is 3. The van der Waals surface area contributed by atoms with Gasteiger partial charge in [0.2, 0.25) is 0 Å². The maximum atomic E-state index is 11.9. The molecule has 0 aliphatic carbocycles. The van der Waals surface area contributed by atoms with Gasteiger partial charge in [-0.15, -0.1) is 0 Å². The van der Waals surface area contributed by atoms with Gasteiger partial charge in [0.15, 0.2) is 0 Å². The number of ether oxygens (including phenoxy) is 1. The van der Waals surface area contributed by atoms with Gasteiger partial charge in [0.05, 0.1) is 35.4 Å². The number of rotatable bonds is 6. The minimum Gasteiger partial charge on any atom is -0.478 e. The van der Waals surface area contributed by atoms with Gasteiger partial charge >= 0.3 is 5.97 Å². The highest BCUT2D eigenvalue weighted by molar-refractivity contribution is 6.34. The summed E-state index contributed by atoms with van der Waals surface area (Å²) in [5.41, 5.74) is 0.137. The third-order valence-electron chi connectivity index (χ3n) is 2.38. The molecule has 104 valence electrons. The van der Waals surface area contributed by atoms with Crippen LogP contribution in [0.5, 0.6) is 0 Å². The van der Waals surface area contributed by atoms with Crippen molar-refractivity contribution in [3.63, 3.8) is 0 Å². The number of nitrogens with one attached hydrogen (secondary N) is 1. The van der Waals surface area contributed by atoms with E-state index in [4.69, 9.17) is 26.6 Å². The summed E-state index contributed by atoms with van der Waals surface area (Å²) in [6, 6.07) is 3.26. The van der Waals surface area contributed by atoms with E-state index < -0.39 is 17.9 Å². The number of carboxylic acids is 1. The quantitative estimate of drug-likeness (QED) is 0.718. The lowest BCUT2D eigenvalue weighted by Crippen LogP contribution is -2.40. The molecule has 0 heterocycles. The summed E-state index contributed by atoms with van der Waals surface area (Å²) in [5.74, 6) is -1.63. The predicted octanol–water partition coefficient (Wildman–Crippen LogP) is 0.775. The van der Waals surface area contributed by atoms with Gasteiger partial charge in [-0.05, 0) is 18.2 Å². The molecule has 0 saturated carbocycles. The van der Waals surface area contributed by atoms with Crippen molar-refractivity contribution in [2.75, 3.05) is 20.3 Å². The number of hydrogen-bond acceptors (Lipinski definition) is 4. The molecule has 1 aromatic rings. The molecule has 0 aliphatic heterocycles. The average molecular weight is 288 g/mol. The van der Waals surface area contributed by atoms with Crippen molar-refractivity contribution in [1.29, 1.82) is 0 Å². The number of carboxylic acid groups (broad SMARTS) is 1. The highest BCUT2D eigenvalue weighted by Crippen LogP contribution is 2.18. The number of amides is 1. The first-order chi connectivity index (χ1) is 8.99. The fraction of sp³-hybridized carbons (Fsp3) is 0.333. The molecule has 0 aliphatic rings. The molecule has 0 aromatic heterocycles. The fourth-order valence-electron chi connectivity index (χ4n) is 1.44. The summed E-state index contributed by atoms with van der Waals surface area (Å²) in [7, 11) is 1.45. The number of aromatic carboxylic acids is 1. The monoisotopic (exact) mass is 287 g/mol. The molecule has 7 heteroatoms. The van der Waals surface area contributed by atoms with Crippen molar-refractivity contribution < 1.29 is 24.5 Å². The summed E-state index contributed by atoms with van der Waals surface area (Å²) in [4.78, 5) is 22.6. The van der Waals surface area contributed by atoms with Crippen LogP contribution in [-0.4, -0.2) is 48.5 Å². The summed E-state index contributed by atoms with van der Waals surface area (Å²) in [5, 5.41) is 20.4. The lowest BCUT2D eigenvalue weighted by molar-refractivity contribution is 0.0696. The second-order valence-electron chi connectivity index (χ2n) is 3.81. The normalized spacial score (nSPS) is 11.9. The Kier molecular flexibility index (Phi) is 5.75. The molecule has 0 bridgehead atoms. The number of carbonyl (C=O) groups is 2. The molecule has 6 nitrogen and oxygen atoms in total. The van der Waals surface area contributed by atoms with E-state index >= 15 is 0 Å². The zero-order valence-corrected chi connectivity index (χ0v) is 11.0. The van der Waals surface area contributed by atoms with E-state index in [1.54, 1.807) is 0 Å². The Hall–Kier alpha value is -1.63. The van der Waals surface area contributed by atoms with Crippen molar-refractivity contribution in [1.82, 2.24) is 5.32 Å². The Morgan fingerprint density at radius 3 is 2.63 bits per heavy atom. The predicted molar refractivity (Wildman–Crippen MR) is 68.6 cm³/mol. The Labute approximate surface area is 114 Å². The summed E-state index contributed by atoms with van der Waals surface area (Å²) >= 11 is 5.85. The van der Waals surface area contributed by atoms with E-state index in [1.807, 2.05) is 0 Å². The van der Waals surface area contributed by atoms with Crippen molar-refractivity contribution in [3.05, 3.63) is 34.3 Å². The smallest absolute Gasteiger partial charge is 0.335 e. The van der Waals surface area contributed by atoms with Crippen LogP contribution in [-0.2, 0) is 4.74 Å². The van der Waals surface area contributed by atoms with Crippen molar-refractivity contribution in [2.45, 2.75) is 6.04 Å². The first-order valence-corrected chi connectivity index (χ1v) is 5.81. The molecule has 0 fully saturated rings. The molecule has 0 unspecified atom stereocenters. The van der Waals surface area contributed by atoms with Gasteiger partial charge in [0.1, 0.15) is 0 Å². The molecule has 0 saturated heterocycles. The van der Waals surface area contributed by atoms with E-state index in [2.05, 4.69) is 5.32 Å². The number of aliphatic hydroxyl groups is 1. The van der Waals surface area contributed by atoms with E-state index in [9.17, 15) is 9.59 Å². The largest absolute Gasteiger partial charge is 0.478 e. The molecule has 1 amide bonds. The lowest BCUT2D eigenvalue weighted by Gasteiger charge is -2.15. The number of methoxy groups -OCH3 is 1. The maximum Gasteiger partial charge on any atom is 0.335 e. The fourth-order valence-corrected chi connectivity index (χ4v) is 1.70. The average Bonchev–Trinajstić information content (AvgIpc) is 2.37. The van der Waals surface area contributed by atoms with Crippen LogP contribution in [0, 0.1) is 0 Å². The lowest BCUT2D eigenvalue weighted by atomic mass is 10.1. The summed E-state index contributed by atoms with van der Waals surface area (Å²) < 4.78 is 4.83. The first-order valence-electron chi connectivity index (χ1n) is 5.43. The van der Waals surface area contributed by atoms with Crippen molar-refractivity contribution in [2.24, 2.45) is 0 Å². The van der Waals surface area contributed by atoms with Gasteiger partial charge in [-0.3, -0.25) is 4.79 Å². The third-order valence-corrected chi connectivity index (χ3v) is 2.70. The topological polar surface area (TPSA) is 95.9 Å². The summed E-state index contributed by atoms with van der Waals surface area (Å²) in [6.07, 6.45) is 0. The Morgan fingerprint density at radius 2 is 2.16 bits per heavy atom. The standard InChI is InChI=1S/C12H14ClNO5/c1-19-6-8(5-15)14-11(16)9-3-2-7(12(17)18)4-10(9)13/h2-4,8,15H,5-6H2,1H3,(H,14,16)(H,17,18)/t8-/m0/s1. The number of halogens is 1. The zero-order chi connectivity index (χ0) is 14.4. The maximum absolute atomic E-state index is 11.9. The molecule has 0 spiro atoms. The first kappa shape index (κ1) is 15.4. The highest BCUT2D eigenvalue weighted by Gasteiger charge is 2.16. The van der Waals surface area contributed by atoms with E-state index in [-0.39, 0.29) is 29.4 Å². The molecule has 19 heavy (non-hydrogen) atoms. The van der Waals surface area contributed by atoms with Crippen LogP contribution < -0.4 is 5.32 Å². The molecular weight excluding hydrogens is 274 g/mol. The van der Waals surface area contributed by atoms with Crippen LogP contribution >= 0.6 is 11.6 Å². The zero-order valence-electron chi connectivity index (χ0n) is 10.2. The number of aliphatic hydroxyl groups excluding tert-OH is 1. The minimum absolute atomic E-state index is 0.00264. The van der Waals surface area contributed by atoms with E-state index in [0.29, 0.717) is 0 Å². The van der Waals surface area contributed by atoms with Gasteiger partial charge in [0.25, 0.3) is 5.91 Å². The van der Waals surface area contributed by atoms with Gasteiger partial charge in [-0.1, -0.05) is 11.6 Å². The molecular formula is C12H14ClNO5. The molecule has 1 rings (SSSR count). The molecule has 0 radical (unpaired) electrons. The van der Waals surface area contributed by atoms with Crippen molar-refractivity contribution >= 4 is 23.5 Å². The SMILES string of the molecule is COC[C@H](CO)NC(=O)c1ccc(C(=O)O)cc1Cl. The minimum atomic E-state index is -1.12. The van der Waals surface area contributed by atoms with E-state index in [0.717, 1.165) is 0 Å². The Balaban J connectivity index is 2.85. The molecule has 3 N–H and O–H groups in total. The highest BCUT2D eigenvalue weighted by atomic mass is 35.5. The third kappa shape index (κ3) is 4.20. The number of carbonyl (C=O) groups excluding carboxylic acids is 1. The second kappa shape index (κ2) is 7.08.